The average molecular weight is 728 g/mol. The van der Waals surface area contributed by atoms with Crippen molar-refractivity contribution in [3.8, 4) is 67.5 Å². The third-order valence-electron chi connectivity index (χ3n) is 10.9. The van der Waals surface area contributed by atoms with E-state index in [9.17, 15) is 0 Å². The van der Waals surface area contributed by atoms with Gasteiger partial charge in [-0.3, -0.25) is 0 Å². The Hall–Kier alpha value is -7.69. The van der Waals surface area contributed by atoms with Crippen molar-refractivity contribution in [2.45, 2.75) is 0 Å². The van der Waals surface area contributed by atoms with Crippen LogP contribution in [-0.4, -0.2) is 15.0 Å². The van der Waals surface area contributed by atoms with Gasteiger partial charge in [0.25, 0.3) is 0 Å². The second-order valence-corrected chi connectivity index (χ2v) is 14.4. The molecule has 0 atom stereocenters. The highest BCUT2D eigenvalue weighted by atomic mass is 16.3. The number of nitrogens with zero attached hydrogens (tertiary/aromatic N) is 3. The minimum Gasteiger partial charge on any atom is -0.455 e. The van der Waals surface area contributed by atoms with Crippen LogP contribution in [0, 0.1) is 0 Å². The summed E-state index contributed by atoms with van der Waals surface area (Å²) in [6.07, 6.45) is 0. The van der Waals surface area contributed by atoms with Crippen LogP contribution < -0.4 is 0 Å². The lowest BCUT2D eigenvalue weighted by molar-refractivity contribution is 0.673. The van der Waals surface area contributed by atoms with E-state index in [2.05, 4.69) is 158 Å². The number of para-hydroxylation sites is 1. The van der Waals surface area contributed by atoms with Crippen molar-refractivity contribution in [1.82, 2.24) is 15.0 Å². The molecule has 0 bridgehead atoms. The van der Waals surface area contributed by atoms with E-state index in [1.807, 2.05) is 42.5 Å². The molecule has 0 radical (unpaired) electrons. The monoisotopic (exact) mass is 727 g/mol. The summed E-state index contributed by atoms with van der Waals surface area (Å²) in [4.78, 5) is 15.3. The highest BCUT2D eigenvalue weighted by Gasteiger charge is 2.21. The zero-order valence-corrected chi connectivity index (χ0v) is 30.8. The zero-order valence-electron chi connectivity index (χ0n) is 30.8. The fraction of sp³-hybridized carbons (Fsp3) is 0. The van der Waals surface area contributed by atoms with Crippen molar-refractivity contribution in [2.75, 3.05) is 0 Å². The van der Waals surface area contributed by atoms with Crippen LogP contribution in [0.1, 0.15) is 0 Å². The van der Waals surface area contributed by atoms with Gasteiger partial charge in [-0.2, -0.15) is 0 Å². The van der Waals surface area contributed by atoms with E-state index in [4.69, 9.17) is 19.4 Å². The molecule has 0 saturated heterocycles. The molecule has 9 aromatic carbocycles. The Morgan fingerprint density at radius 2 is 0.772 bits per heavy atom. The largest absolute Gasteiger partial charge is 0.455 e. The van der Waals surface area contributed by atoms with Crippen LogP contribution in [0.2, 0.25) is 0 Å². The van der Waals surface area contributed by atoms with Gasteiger partial charge in [-0.1, -0.05) is 176 Å². The lowest BCUT2D eigenvalue weighted by atomic mass is 9.89. The summed E-state index contributed by atoms with van der Waals surface area (Å²) in [5, 5.41) is 6.58. The second kappa shape index (κ2) is 13.6. The molecule has 0 aliphatic rings. The normalized spacial score (nSPS) is 11.5. The number of aromatic nitrogens is 3. The number of hydrogen-bond acceptors (Lipinski definition) is 4. The van der Waals surface area contributed by atoms with Crippen molar-refractivity contribution >= 4 is 43.5 Å². The Labute approximate surface area is 329 Å². The van der Waals surface area contributed by atoms with Gasteiger partial charge < -0.3 is 4.42 Å². The van der Waals surface area contributed by atoms with Gasteiger partial charge in [-0.05, 0) is 73.8 Å². The van der Waals surface area contributed by atoms with Gasteiger partial charge >= 0.3 is 0 Å². The topological polar surface area (TPSA) is 51.8 Å². The van der Waals surface area contributed by atoms with E-state index in [0.717, 1.165) is 82.4 Å². The second-order valence-electron chi connectivity index (χ2n) is 14.4. The van der Waals surface area contributed by atoms with Gasteiger partial charge in [0.15, 0.2) is 17.5 Å². The summed E-state index contributed by atoms with van der Waals surface area (Å²) in [5.74, 6) is 1.88. The highest BCUT2D eigenvalue weighted by Crippen LogP contribution is 2.45. The third kappa shape index (κ3) is 5.74. The lowest BCUT2D eigenvalue weighted by Gasteiger charge is -2.15. The molecule has 2 aromatic heterocycles. The van der Waals surface area contributed by atoms with E-state index < -0.39 is 0 Å². The molecule has 0 amide bonds. The molecule has 266 valence electrons. The number of furan rings is 1. The molecule has 0 aliphatic heterocycles. The first-order valence-electron chi connectivity index (χ1n) is 19.2. The molecule has 4 heteroatoms. The molecule has 11 rings (SSSR count). The molecule has 0 fully saturated rings. The predicted molar refractivity (Wildman–Crippen MR) is 235 cm³/mol. The van der Waals surface area contributed by atoms with Gasteiger partial charge in [0.2, 0.25) is 0 Å². The Morgan fingerprint density at radius 1 is 0.298 bits per heavy atom. The smallest absolute Gasteiger partial charge is 0.164 e. The highest BCUT2D eigenvalue weighted by molar-refractivity contribution is 6.23. The summed E-state index contributed by atoms with van der Waals surface area (Å²) in [5.41, 5.74) is 11.5. The molecule has 11 aromatic rings. The Balaban J connectivity index is 1.11. The van der Waals surface area contributed by atoms with Gasteiger partial charge in [0.05, 0.1) is 0 Å². The maximum Gasteiger partial charge on any atom is 0.164 e. The molecule has 4 nitrogen and oxygen atoms in total. The van der Waals surface area contributed by atoms with Crippen LogP contribution in [0.3, 0.4) is 0 Å². The van der Waals surface area contributed by atoms with E-state index in [0.29, 0.717) is 17.5 Å². The summed E-state index contributed by atoms with van der Waals surface area (Å²) < 4.78 is 6.74. The van der Waals surface area contributed by atoms with E-state index in [1.165, 1.54) is 11.1 Å². The summed E-state index contributed by atoms with van der Waals surface area (Å²) in [6, 6.07) is 69.8. The van der Waals surface area contributed by atoms with Crippen LogP contribution in [0.25, 0.3) is 111 Å². The first-order chi connectivity index (χ1) is 28.2. The molecular formula is C53H33N3O. The lowest BCUT2D eigenvalue weighted by Crippen LogP contribution is -2.01. The Morgan fingerprint density at radius 3 is 1.46 bits per heavy atom. The first kappa shape index (κ1) is 32.7. The van der Waals surface area contributed by atoms with Crippen molar-refractivity contribution in [1.29, 1.82) is 0 Å². The average Bonchev–Trinajstić information content (AvgIpc) is 3.69. The van der Waals surface area contributed by atoms with Crippen LogP contribution in [0.5, 0.6) is 0 Å². The fourth-order valence-corrected chi connectivity index (χ4v) is 8.14. The number of rotatable bonds is 6. The van der Waals surface area contributed by atoms with Gasteiger partial charge in [0.1, 0.15) is 11.2 Å². The minimum absolute atomic E-state index is 0.625. The van der Waals surface area contributed by atoms with Crippen molar-refractivity contribution in [3.05, 3.63) is 200 Å². The molecule has 0 aliphatic carbocycles. The third-order valence-corrected chi connectivity index (χ3v) is 10.9. The summed E-state index contributed by atoms with van der Waals surface area (Å²) >= 11 is 0. The van der Waals surface area contributed by atoms with E-state index >= 15 is 0 Å². The quantitative estimate of drug-likeness (QED) is 0.171. The first-order valence-corrected chi connectivity index (χ1v) is 19.2. The summed E-state index contributed by atoms with van der Waals surface area (Å²) in [7, 11) is 0. The Kier molecular flexibility index (Phi) is 7.78. The molecule has 57 heavy (non-hydrogen) atoms. The van der Waals surface area contributed by atoms with E-state index in [-0.39, 0.29) is 0 Å². The van der Waals surface area contributed by atoms with Crippen molar-refractivity contribution in [2.24, 2.45) is 0 Å². The molecule has 2 heterocycles. The maximum absolute atomic E-state index is 6.74. The molecule has 0 unspecified atom stereocenters. The fourth-order valence-electron chi connectivity index (χ4n) is 8.14. The predicted octanol–water partition coefficient (Wildman–Crippen LogP) is 14.1. The van der Waals surface area contributed by atoms with Gasteiger partial charge in [-0.25, -0.2) is 15.0 Å². The van der Waals surface area contributed by atoms with Crippen molar-refractivity contribution < 1.29 is 4.42 Å². The van der Waals surface area contributed by atoms with Gasteiger partial charge in [0, 0.05) is 32.8 Å². The Bertz CT molecular complexity index is 3260. The number of fused-ring (bicyclic) bond motifs is 6. The van der Waals surface area contributed by atoms with Crippen LogP contribution in [-0.2, 0) is 0 Å². The molecular weight excluding hydrogens is 695 g/mol. The SMILES string of the molecule is c1ccc(-c2ccc(-c3nc(-c4ccccc4)nc(-c4ccc(-c5cc6ccc(-c7ccccc7)cc6c6oc7ccccc7c56)c5ccccc45)n3)cc2)cc1. The van der Waals surface area contributed by atoms with Crippen LogP contribution >= 0.6 is 0 Å². The summed E-state index contributed by atoms with van der Waals surface area (Å²) in [6.45, 7) is 0. The van der Waals surface area contributed by atoms with Crippen LogP contribution in [0.4, 0.5) is 0 Å². The standard InChI is InChI=1S/C53H33N3O/c1-4-14-34(15-5-1)36-24-26-38(27-25-36)52-54-51(37-18-8-3-9-19-37)55-53(56-52)44-31-30-43(41-20-10-11-21-42(41)44)47-33-40-29-28-39(35-16-6-2-7-17-35)32-46(40)50-49(47)45-22-12-13-23-48(45)57-50/h1-33H. The molecule has 0 spiro atoms. The molecule has 0 N–H and O–H groups in total. The number of hydrogen-bond donors (Lipinski definition) is 0. The minimum atomic E-state index is 0.625. The van der Waals surface area contributed by atoms with Crippen molar-refractivity contribution in [3.63, 3.8) is 0 Å². The maximum atomic E-state index is 6.74. The zero-order chi connectivity index (χ0) is 37.7. The molecule has 0 saturated carbocycles. The number of benzene rings is 9. The van der Waals surface area contributed by atoms with Gasteiger partial charge in [-0.15, -0.1) is 0 Å². The van der Waals surface area contributed by atoms with E-state index in [1.54, 1.807) is 0 Å². The van der Waals surface area contributed by atoms with Crippen LogP contribution in [0.15, 0.2) is 205 Å².